The quantitative estimate of drug-likeness (QED) is 0.0532. The SMILES string of the molecule is CCCCCCCCCCCCCCCCCCCCCCCCCCCCCCCCCCCCCCCCCCC(=O)NC(CO)C(O)CCCCCCCCCCCCCCCCCCCCCCCCCCCCCCCC. The molecule has 0 saturated heterocycles. The first-order valence-electron chi connectivity index (χ1n) is 39.2. The van der Waals surface area contributed by atoms with E-state index in [0.29, 0.717) is 12.8 Å². The molecule has 82 heavy (non-hydrogen) atoms. The van der Waals surface area contributed by atoms with Gasteiger partial charge in [0.2, 0.25) is 5.91 Å². The van der Waals surface area contributed by atoms with Crippen LogP contribution in [-0.4, -0.2) is 34.9 Å². The van der Waals surface area contributed by atoms with Gasteiger partial charge in [0.25, 0.3) is 0 Å². The minimum absolute atomic E-state index is 0.0181. The van der Waals surface area contributed by atoms with Crippen LogP contribution in [0.4, 0.5) is 0 Å². The maximum absolute atomic E-state index is 12.6. The van der Waals surface area contributed by atoms with E-state index in [9.17, 15) is 15.0 Å². The van der Waals surface area contributed by atoms with Gasteiger partial charge in [-0.15, -0.1) is 0 Å². The normalized spacial score (nSPS) is 12.5. The van der Waals surface area contributed by atoms with Gasteiger partial charge in [0.15, 0.2) is 0 Å². The number of amides is 1. The fourth-order valence-electron chi connectivity index (χ4n) is 13.2. The second kappa shape index (κ2) is 74.6. The molecule has 0 aromatic rings. The van der Waals surface area contributed by atoms with E-state index in [1.54, 1.807) is 0 Å². The van der Waals surface area contributed by atoms with Gasteiger partial charge in [-0.3, -0.25) is 4.79 Å². The molecule has 4 heteroatoms. The lowest BCUT2D eigenvalue weighted by atomic mass is 10.0. The molecule has 0 aliphatic heterocycles. The standard InChI is InChI=1S/C78H157NO3/c1-3-5-7-9-11-13-15-17-19-21-23-25-27-29-31-33-35-36-37-38-39-40-41-42-43-44-46-48-50-52-54-56-58-60-62-64-66-68-70-72-74-78(82)79-76(75-80)77(81)73-71-69-67-65-63-61-59-57-55-53-51-49-47-45-34-32-30-28-26-24-22-20-18-16-14-12-10-8-6-4-2/h76-77,80-81H,3-75H2,1-2H3,(H,79,82). The number of nitrogens with one attached hydrogen (secondary N) is 1. The van der Waals surface area contributed by atoms with Gasteiger partial charge < -0.3 is 15.5 Å². The monoisotopic (exact) mass is 1160 g/mol. The third kappa shape index (κ3) is 70.2. The van der Waals surface area contributed by atoms with Crippen LogP contribution >= 0.6 is 0 Å². The molecule has 3 N–H and O–H groups in total. The average molecular weight is 1160 g/mol. The zero-order valence-electron chi connectivity index (χ0n) is 57.1. The fraction of sp³-hybridized carbons (Fsp3) is 0.987. The van der Waals surface area contributed by atoms with Crippen LogP contribution in [0.25, 0.3) is 0 Å². The van der Waals surface area contributed by atoms with Crippen LogP contribution in [0.1, 0.15) is 476 Å². The van der Waals surface area contributed by atoms with E-state index in [0.717, 1.165) is 25.7 Å². The molecule has 0 fully saturated rings. The van der Waals surface area contributed by atoms with Crippen LogP contribution in [0.15, 0.2) is 0 Å². The van der Waals surface area contributed by atoms with E-state index in [-0.39, 0.29) is 12.5 Å². The molecule has 2 unspecified atom stereocenters. The lowest BCUT2D eigenvalue weighted by molar-refractivity contribution is -0.123. The summed E-state index contributed by atoms with van der Waals surface area (Å²) in [5.41, 5.74) is 0. The number of hydrogen-bond acceptors (Lipinski definition) is 3. The Hall–Kier alpha value is -0.610. The molecule has 0 aromatic heterocycles. The zero-order chi connectivity index (χ0) is 59.1. The van der Waals surface area contributed by atoms with Crippen molar-refractivity contribution in [3.8, 4) is 0 Å². The van der Waals surface area contributed by atoms with Gasteiger partial charge in [0.05, 0.1) is 18.8 Å². The highest BCUT2D eigenvalue weighted by atomic mass is 16.3. The van der Waals surface area contributed by atoms with Crippen molar-refractivity contribution in [2.24, 2.45) is 0 Å². The number of hydrogen-bond donors (Lipinski definition) is 3. The molecule has 0 bridgehead atoms. The highest BCUT2D eigenvalue weighted by Crippen LogP contribution is 2.21. The highest BCUT2D eigenvalue weighted by Gasteiger charge is 2.20. The molecule has 2 atom stereocenters. The summed E-state index contributed by atoms with van der Waals surface area (Å²) in [6.45, 7) is 4.43. The first-order valence-corrected chi connectivity index (χ1v) is 39.2. The Kier molecular flexibility index (Phi) is 74.1. The van der Waals surface area contributed by atoms with Gasteiger partial charge in [0.1, 0.15) is 0 Å². The Labute approximate surface area is 518 Å². The highest BCUT2D eigenvalue weighted by molar-refractivity contribution is 5.76. The fourth-order valence-corrected chi connectivity index (χ4v) is 13.2. The second-order valence-electron chi connectivity index (χ2n) is 27.5. The molecule has 0 rings (SSSR count). The predicted molar refractivity (Wildman–Crippen MR) is 369 cm³/mol. The van der Waals surface area contributed by atoms with Crippen LogP contribution in [0, 0.1) is 0 Å². The first kappa shape index (κ1) is 81.4. The van der Waals surface area contributed by atoms with Gasteiger partial charge in [-0.05, 0) is 12.8 Å². The minimum Gasteiger partial charge on any atom is -0.394 e. The Balaban J connectivity index is 3.32. The second-order valence-corrected chi connectivity index (χ2v) is 27.5. The van der Waals surface area contributed by atoms with Crippen molar-refractivity contribution in [3.63, 3.8) is 0 Å². The molecule has 0 aliphatic rings. The number of carbonyl (C=O) groups is 1. The van der Waals surface area contributed by atoms with Crippen molar-refractivity contribution in [3.05, 3.63) is 0 Å². The topological polar surface area (TPSA) is 69.6 Å². The molecular formula is C78H157NO3. The maximum atomic E-state index is 12.6. The molecule has 492 valence electrons. The number of aliphatic hydroxyl groups excluding tert-OH is 2. The molecule has 0 radical (unpaired) electrons. The van der Waals surface area contributed by atoms with Crippen molar-refractivity contribution < 1.29 is 15.0 Å². The lowest BCUT2D eigenvalue weighted by Crippen LogP contribution is -2.45. The third-order valence-corrected chi connectivity index (χ3v) is 19.1. The maximum Gasteiger partial charge on any atom is 0.220 e. The predicted octanol–water partition coefficient (Wildman–Crippen LogP) is 27.0. The van der Waals surface area contributed by atoms with Gasteiger partial charge in [-0.1, -0.05) is 457 Å². The van der Waals surface area contributed by atoms with E-state index in [4.69, 9.17) is 0 Å². The largest absolute Gasteiger partial charge is 0.394 e. The number of carbonyl (C=O) groups excluding carboxylic acids is 1. The number of unbranched alkanes of at least 4 members (excludes halogenated alkanes) is 68. The van der Waals surface area contributed by atoms with Crippen molar-refractivity contribution in [2.75, 3.05) is 6.61 Å². The molecule has 0 aromatic carbocycles. The van der Waals surface area contributed by atoms with E-state index in [2.05, 4.69) is 19.2 Å². The van der Waals surface area contributed by atoms with Crippen molar-refractivity contribution in [1.29, 1.82) is 0 Å². The first-order chi connectivity index (χ1) is 40.7. The van der Waals surface area contributed by atoms with Crippen molar-refractivity contribution >= 4 is 5.91 Å². The van der Waals surface area contributed by atoms with E-state index < -0.39 is 12.1 Å². The zero-order valence-corrected chi connectivity index (χ0v) is 57.1. The smallest absolute Gasteiger partial charge is 0.220 e. The lowest BCUT2D eigenvalue weighted by Gasteiger charge is -2.22. The van der Waals surface area contributed by atoms with Gasteiger partial charge in [0, 0.05) is 6.42 Å². The summed E-state index contributed by atoms with van der Waals surface area (Å²) in [4.78, 5) is 12.6. The summed E-state index contributed by atoms with van der Waals surface area (Å²) in [5, 5.41) is 23.5. The van der Waals surface area contributed by atoms with Gasteiger partial charge in [-0.25, -0.2) is 0 Å². The summed E-state index contributed by atoms with van der Waals surface area (Å²) >= 11 is 0. The molecule has 1 amide bonds. The van der Waals surface area contributed by atoms with Gasteiger partial charge in [-0.2, -0.15) is 0 Å². The Morgan fingerprint density at radius 2 is 0.390 bits per heavy atom. The molecular weight excluding hydrogens is 999 g/mol. The van der Waals surface area contributed by atoms with Crippen molar-refractivity contribution in [1.82, 2.24) is 5.32 Å². The number of rotatable bonds is 75. The molecule has 0 aliphatic carbocycles. The summed E-state index contributed by atoms with van der Waals surface area (Å²) in [6.07, 6.45) is 99.3. The van der Waals surface area contributed by atoms with Crippen molar-refractivity contribution in [2.45, 2.75) is 488 Å². The van der Waals surface area contributed by atoms with Crippen LogP contribution < -0.4 is 5.32 Å². The van der Waals surface area contributed by atoms with Crippen LogP contribution in [-0.2, 0) is 4.79 Å². The number of aliphatic hydroxyl groups is 2. The van der Waals surface area contributed by atoms with E-state index in [1.165, 1.54) is 424 Å². The average Bonchev–Trinajstić information content (AvgIpc) is 3.50. The minimum atomic E-state index is -0.657. The summed E-state index contributed by atoms with van der Waals surface area (Å²) < 4.78 is 0. The molecule has 0 saturated carbocycles. The summed E-state index contributed by atoms with van der Waals surface area (Å²) in [6, 6.07) is -0.534. The molecule has 0 heterocycles. The summed E-state index contributed by atoms with van der Waals surface area (Å²) in [7, 11) is 0. The molecule has 0 spiro atoms. The van der Waals surface area contributed by atoms with Crippen LogP contribution in [0.5, 0.6) is 0 Å². The Morgan fingerprint density at radius 1 is 0.244 bits per heavy atom. The Morgan fingerprint density at radius 3 is 0.549 bits per heavy atom. The summed E-state index contributed by atoms with van der Waals surface area (Å²) in [5.74, 6) is -0.0181. The third-order valence-electron chi connectivity index (χ3n) is 19.1. The molecule has 4 nitrogen and oxygen atoms in total. The van der Waals surface area contributed by atoms with E-state index in [1.807, 2.05) is 0 Å². The van der Waals surface area contributed by atoms with E-state index >= 15 is 0 Å². The van der Waals surface area contributed by atoms with Crippen LogP contribution in [0.3, 0.4) is 0 Å². The Bertz CT molecular complexity index is 1130. The van der Waals surface area contributed by atoms with Gasteiger partial charge >= 0.3 is 0 Å². The van der Waals surface area contributed by atoms with Crippen LogP contribution in [0.2, 0.25) is 0 Å².